The molecule has 12 heteroatoms. The summed E-state index contributed by atoms with van der Waals surface area (Å²) >= 11 is 0. The van der Waals surface area contributed by atoms with E-state index >= 15 is 0 Å². The zero-order valence-corrected chi connectivity index (χ0v) is 22.1. The van der Waals surface area contributed by atoms with Crippen LogP contribution in [0.4, 0.5) is 15.1 Å². The first kappa shape index (κ1) is 27.7. The van der Waals surface area contributed by atoms with E-state index < -0.39 is 11.9 Å². The van der Waals surface area contributed by atoms with Crippen molar-refractivity contribution >= 4 is 34.9 Å². The third-order valence-corrected chi connectivity index (χ3v) is 6.23. The summed E-state index contributed by atoms with van der Waals surface area (Å²) < 4.78 is 25.4. The van der Waals surface area contributed by atoms with Gasteiger partial charge in [-0.05, 0) is 50.4 Å². The van der Waals surface area contributed by atoms with Gasteiger partial charge < -0.3 is 25.1 Å². The van der Waals surface area contributed by atoms with Gasteiger partial charge in [-0.2, -0.15) is 0 Å². The second-order valence-corrected chi connectivity index (χ2v) is 8.95. The molecule has 1 aliphatic rings. The number of ether oxygens (including phenoxy) is 2. The monoisotopic (exact) mass is 536 g/mol. The molecule has 3 aromatic rings. The number of rotatable bonds is 10. The van der Waals surface area contributed by atoms with Crippen molar-refractivity contribution in [3.05, 3.63) is 60.5 Å². The number of carbonyl (C=O) groups excluding carboxylic acids is 1. The van der Waals surface area contributed by atoms with Crippen LogP contribution in [0.1, 0.15) is 12.5 Å². The maximum Gasteiger partial charge on any atom is 0.413 e. The highest BCUT2D eigenvalue weighted by Gasteiger charge is 2.18. The minimum Gasteiger partial charge on any atom is -0.477 e. The molecule has 1 fully saturated rings. The molecular formula is C27H33FN8O3. The summed E-state index contributed by atoms with van der Waals surface area (Å²) in [5.74, 6) is -0.122. The zero-order valence-electron chi connectivity index (χ0n) is 22.1. The molecule has 39 heavy (non-hydrogen) atoms. The fraction of sp³-hybridized carbons (Fsp3) is 0.333. The van der Waals surface area contributed by atoms with E-state index in [0.717, 1.165) is 32.7 Å². The maximum absolute atomic E-state index is 14.8. The number of halogens is 1. The van der Waals surface area contributed by atoms with Crippen molar-refractivity contribution in [2.24, 2.45) is 10.7 Å². The Hall–Kier alpha value is -4.29. The second-order valence-electron chi connectivity index (χ2n) is 8.95. The number of anilines is 1. The van der Waals surface area contributed by atoms with Gasteiger partial charge in [-0.1, -0.05) is 0 Å². The SMILES string of the molecule is C=C(N=C/C(=C\N)c1cc(-c2ncccc2F)c2nc(NC(=O)OCC)[nH]c2c1)OCCN1CCN(C)CC1. The molecule has 3 heterocycles. The predicted molar refractivity (Wildman–Crippen MR) is 150 cm³/mol. The van der Waals surface area contributed by atoms with Crippen molar-refractivity contribution in [2.45, 2.75) is 6.92 Å². The molecular weight excluding hydrogens is 503 g/mol. The molecule has 0 spiro atoms. The molecule has 0 aliphatic carbocycles. The highest BCUT2D eigenvalue weighted by atomic mass is 19.1. The molecule has 1 amide bonds. The normalized spacial score (nSPS) is 15.1. The number of likely N-dealkylation sites (N-methyl/N-ethyl adjacent to an activating group) is 1. The van der Waals surface area contributed by atoms with E-state index in [1.165, 1.54) is 30.7 Å². The molecule has 0 unspecified atom stereocenters. The van der Waals surface area contributed by atoms with Gasteiger partial charge in [0.15, 0.2) is 0 Å². The number of imidazole rings is 1. The number of allylic oxidation sites excluding steroid dienone is 1. The van der Waals surface area contributed by atoms with Crippen molar-refractivity contribution in [1.82, 2.24) is 24.8 Å². The highest BCUT2D eigenvalue weighted by Crippen LogP contribution is 2.32. The van der Waals surface area contributed by atoms with Crippen LogP contribution in [-0.2, 0) is 9.47 Å². The van der Waals surface area contributed by atoms with Gasteiger partial charge in [0.05, 0.1) is 12.1 Å². The topological polar surface area (TPSA) is 134 Å². The van der Waals surface area contributed by atoms with Crippen LogP contribution in [0.5, 0.6) is 0 Å². The van der Waals surface area contributed by atoms with Crippen molar-refractivity contribution in [2.75, 3.05) is 58.3 Å². The Morgan fingerprint density at radius 1 is 1.31 bits per heavy atom. The molecule has 4 N–H and O–H groups in total. The van der Waals surface area contributed by atoms with Gasteiger partial charge in [0.25, 0.3) is 0 Å². The quantitative estimate of drug-likeness (QED) is 0.265. The number of nitrogens with two attached hydrogens (primary N) is 1. The van der Waals surface area contributed by atoms with Crippen LogP contribution in [0.2, 0.25) is 0 Å². The number of hydrogen-bond acceptors (Lipinski definition) is 9. The molecule has 0 radical (unpaired) electrons. The van der Waals surface area contributed by atoms with E-state index in [2.05, 4.69) is 48.7 Å². The number of fused-ring (bicyclic) bond motifs is 1. The van der Waals surface area contributed by atoms with E-state index in [-0.39, 0.29) is 24.1 Å². The van der Waals surface area contributed by atoms with Crippen LogP contribution >= 0.6 is 0 Å². The predicted octanol–water partition coefficient (Wildman–Crippen LogP) is 3.44. The molecule has 4 rings (SSSR count). The summed E-state index contributed by atoms with van der Waals surface area (Å²) in [5, 5.41) is 2.53. The van der Waals surface area contributed by atoms with Gasteiger partial charge in [-0.15, -0.1) is 0 Å². The van der Waals surface area contributed by atoms with Crippen LogP contribution in [0.15, 0.2) is 54.1 Å². The number of aliphatic imine (C=N–C) groups is 1. The third kappa shape index (κ3) is 7.18. The first-order valence-corrected chi connectivity index (χ1v) is 12.6. The number of nitrogens with one attached hydrogen (secondary N) is 2. The van der Waals surface area contributed by atoms with Crippen LogP contribution in [0.25, 0.3) is 27.9 Å². The van der Waals surface area contributed by atoms with Crippen LogP contribution in [0, 0.1) is 5.82 Å². The molecule has 1 aromatic carbocycles. The standard InChI is InChI=1S/C27H33FN8O3/c1-4-38-27(37)34-26-32-23-15-19(14-21(25(23)33-26)24-22(28)6-5-7-30-24)20(16-29)17-31-18(2)39-13-12-36-10-8-35(3)9-11-36/h5-7,14-17H,2,4,8-13,29H2,1,3H3,(H2,32,33,34,37)/b20-16+,31-17?. The van der Waals surface area contributed by atoms with Crippen molar-refractivity contribution in [1.29, 1.82) is 0 Å². The first-order chi connectivity index (χ1) is 18.9. The van der Waals surface area contributed by atoms with Crippen LogP contribution < -0.4 is 11.1 Å². The maximum atomic E-state index is 14.8. The Morgan fingerprint density at radius 3 is 2.82 bits per heavy atom. The lowest BCUT2D eigenvalue weighted by atomic mass is 10.0. The summed E-state index contributed by atoms with van der Waals surface area (Å²) in [5.41, 5.74) is 8.53. The Morgan fingerprint density at radius 2 is 2.10 bits per heavy atom. The Bertz CT molecular complexity index is 1380. The Balaban J connectivity index is 1.55. The average Bonchev–Trinajstić information content (AvgIpc) is 3.32. The molecule has 2 aromatic heterocycles. The van der Waals surface area contributed by atoms with Crippen molar-refractivity contribution in [3.63, 3.8) is 0 Å². The number of aromatic nitrogens is 3. The third-order valence-electron chi connectivity index (χ3n) is 6.23. The molecule has 1 aliphatic heterocycles. The number of piperazine rings is 1. The number of nitrogens with zero attached hydrogens (tertiary/aromatic N) is 5. The van der Waals surface area contributed by atoms with E-state index in [1.807, 2.05) is 0 Å². The van der Waals surface area contributed by atoms with E-state index in [9.17, 15) is 9.18 Å². The van der Waals surface area contributed by atoms with Gasteiger partial charge in [-0.3, -0.25) is 15.2 Å². The smallest absolute Gasteiger partial charge is 0.413 e. The lowest BCUT2D eigenvalue weighted by Crippen LogP contribution is -2.45. The van der Waals surface area contributed by atoms with Gasteiger partial charge in [0.2, 0.25) is 11.8 Å². The molecule has 11 nitrogen and oxygen atoms in total. The van der Waals surface area contributed by atoms with Gasteiger partial charge in [0.1, 0.15) is 23.6 Å². The zero-order chi connectivity index (χ0) is 27.8. The molecule has 0 bridgehead atoms. The average molecular weight is 537 g/mol. The summed E-state index contributed by atoms with van der Waals surface area (Å²) in [6.07, 6.45) is 3.75. The second kappa shape index (κ2) is 13.0. The summed E-state index contributed by atoms with van der Waals surface area (Å²) in [6, 6.07) is 6.30. The summed E-state index contributed by atoms with van der Waals surface area (Å²) in [7, 11) is 2.12. The lowest BCUT2D eigenvalue weighted by molar-refractivity contribution is 0.113. The van der Waals surface area contributed by atoms with Crippen molar-refractivity contribution < 1.29 is 18.7 Å². The summed E-state index contributed by atoms with van der Waals surface area (Å²) in [4.78, 5) is 32.5. The molecule has 1 saturated heterocycles. The van der Waals surface area contributed by atoms with Gasteiger partial charge in [-0.25, -0.2) is 19.2 Å². The number of benzene rings is 1. The molecule has 206 valence electrons. The minimum atomic E-state index is -0.664. The van der Waals surface area contributed by atoms with Crippen molar-refractivity contribution in [3.8, 4) is 11.3 Å². The van der Waals surface area contributed by atoms with Gasteiger partial charge in [0, 0.05) is 62.5 Å². The van der Waals surface area contributed by atoms with Gasteiger partial charge >= 0.3 is 6.09 Å². The minimum absolute atomic E-state index is 0.100. The van der Waals surface area contributed by atoms with Crippen LogP contribution in [-0.4, -0.2) is 90.0 Å². The van der Waals surface area contributed by atoms with Crippen LogP contribution in [0.3, 0.4) is 0 Å². The van der Waals surface area contributed by atoms with E-state index in [0.29, 0.717) is 34.3 Å². The van der Waals surface area contributed by atoms with E-state index in [4.69, 9.17) is 15.2 Å². The highest BCUT2D eigenvalue weighted by molar-refractivity contribution is 6.12. The largest absolute Gasteiger partial charge is 0.477 e. The number of pyridine rings is 1. The fourth-order valence-corrected chi connectivity index (χ4v) is 4.13. The number of amides is 1. The molecule has 0 atom stereocenters. The van der Waals surface area contributed by atoms with E-state index in [1.54, 1.807) is 19.1 Å². The number of H-pyrrole nitrogens is 1. The fourth-order valence-electron chi connectivity index (χ4n) is 4.13. The first-order valence-electron chi connectivity index (χ1n) is 12.6. The number of hydrogen-bond donors (Lipinski definition) is 3. The Kier molecular flexibility index (Phi) is 9.23. The lowest BCUT2D eigenvalue weighted by Gasteiger charge is -2.32. The number of aromatic amines is 1. The summed E-state index contributed by atoms with van der Waals surface area (Å²) in [6.45, 7) is 11.1. The molecule has 0 saturated carbocycles. The Labute approximate surface area is 226 Å². The number of carbonyl (C=O) groups is 1.